The van der Waals surface area contributed by atoms with E-state index < -0.39 is 24.2 Å². The van der Waals surface area contributed by atoms with Gasteiger partial charge in [-0.3, -0.25) is 4.79 Å². The summed E-state index contributed by atoms with van der Waals surface area (Å²) in [5, 5.41) is 31.1. The van der Waals surface area contributed by atoms with Crippen LogP contribution in [0.3, 0.4) is 0 Å². The maximum Gasteiger partial charge on any atom is 0.342 e. The number of anilines is 1. The molecular weight excluding hydrogens is 390 g/mol. The largest absolute Gasteiger partial charge is 0.508 e. The van der Waals surface area contributed by atoms with E-state index in [0.29, 0.717) is 23.4 Å². The summed E-state index contributed by atoms with van der Waals surface area (Å²) in [6.45, 7) is 3.27. The van der Waals surface area contributed by atoms with E-state index in [4.69, 9.17) is 9.15 Å². The Hall–Kier alpha value is -4.19. The summed E-state index contributed by atoms with van der Waals surface area (Å²) in [6.07, 6.45) is 1.53. The van der Waals surface area contributed by atoms with Gasteiger partial charge in [-0.15, -0.1) is 0 Å². The molecule has 3 rings (SSSR count). The number of carbonyl (C=O) groups excluding carboxylic acids is 2. The van der Waals surface area contributed by atoms with Gasteiger partial charge in [0.05, 0.1) is 18.4 Å². The summed E-state index contributed by atoms with van der Waals surface area (Å²) >= 11 is 0. The molecule has 1 aromatic carbocycles. The molecule has 0 bridgehead atoms. The molecule has 0 saturated heterocycles. The Kier molecular flexibility index (Phi) is 5.78. The number of aromatic hydroxyl groups is 2. The Balaban J connectivity index is 1.75. The summed E-state index contributed by atoms with van der Waals surface area (Å²) in [5.74, 6) is -1.35. The van der Waals surface area contributed by atoms with E-state index in [0.717, 1.165) is 11.8 Å². The van der Waals surface area contributed by atoms with E-state index in [-0.39, 0.29) is 17.1 Å². The van der Waals surface area contributed by atoms with E-state index in [9.17, 15) is 25.1 Å². The molecule has 154 valence electrons. The van der Waals surface area contributed by atoms with Crippen LogP contribution in [0.5, 0.6) is 11.5 Å². The molecule has 9 heteroatoms. The van der Waals surface area contributed by atoms with Crippen molar-refractivity contribution in [1.29, 1.82) is 5.26 Å². The van der Waals surface area contributed by atoms with Gasteiger partial charge in [0, 0.05) is 11.8 Å². The van der Waals surface area contributed by atoms with Crippen LogP contribution >= 0.6 is 0 Å². The molecular formula is C21H19N3O6. The molecule has 0 saturated carbocycles. The summed E-state index contributed by atoms with van der Waals surface area (Å²) in [4.78, 5) is 24.5. The highest BCUT2D eigenvalue weighted by molar-refractivity contribution is 5.97. The van der Waals surface area contributed by atoms with Crippen molar-refractivity contribution < 1.29 is 29.0 Å². The monoisotopic (exact) mass is 409 g/mol. The van der Waals surface area contributed by atoms with Crippen LogP contribution in [0.25, 0.3) is 0 Å². The molecule has 0 atom stereocenters. The third-order valence-corrected chi connectivity index (χ3v) is 4.63. The number of benzene rings is 1. The van der Waals surface area contributed by atoms with Gasteiger partial charge in [-0.2, -0.15) is 5.26 Å². The number of nitrogens with one attached hydrogen (secondary N) is 1. The number of hydrogen-bond donors (Lipinski definition) is 3. The standard InChI is InChI=1S/C21H19N3O6/c1-12-13(2)24(10-15-4-3-7-29-15)20(17(12)9-22)23-19(27)11-30-21(28)16-6-5-14(25)8-18(16)26/h3-8,25-26H,10-11H2,1-2H3,(H,23,27). The lowest BCUT2D eigenvalue weighted by Crippen LogP contribution is -2.23. The number of esters is 1. The third kappa shape index (κ3) is 4.12. The minimum atomic E-state index is -0.929. The van der Waals surface area contributed by atoms with Crippen molar-refractivity contribution in [2.75, 3.05) is 11.9 Å². The van der Waals surface area contributed by atoms with Gasteiger partial charge in [0.25, 0.3) is 5.91 Å². The maximum absolute atomic E-state index is 12.4. The van der Waals surface area contributed by atoms with Crippen LogP contribution in [0.4, 0.5) is 5.82 Å². The van der Waals surface area contributed by atoms with Gasteiger partial charge in [-0.1, -0.05) is 0 Å². The van der Waals surface area contributed by atoms with Gasteiger partial charge in [-0.05, 0) is 43.7 Å². The van der Waals surface area contributed by atoms with Crippen LogP contribution in [0.2, 0.25) is 0 Å². The van der Waals surface area contributed by atoms with E-state index in [1.165, 1.54) is 18.4 Å². The topological polar surface area (TPSA) is 138 Å². The number of nitriles is 1. The smallest absolute Gasteiger partial charge is 0.342 e. The first-order chi connectivity index (χ1) is 14.3. The molecule has 3 N–H and O–H groups in total. The Bertz CT molecular complexity index is 1140. The average molecular weight is 409 g/mol. The van der Waals surface area contributed by atoms with Crippen molar-refractivity contribution in [2.45, 2.75) is 20.4 Å². The number of phenolic OH excluding ortho intramolecular Hbond substituents is 2. The Labute approximate surface area is 171 Å². The third-order valence-electron chi connectivity index (χ3n) is 4.63. The summed E-state index contributed by atoms with van der Waals surface area (Å²) < 4.78 is 12.0. The number of phenols is 2. The van der Waals surface area contributed by atoms with Gasteiger partial charge < -0.3 is 29.3 Å². The highest BCUT2D eigenvalue weighted by atomic mass is 16.5. The number of furan rings is 1. The second-order valence-electron chi connectivity index (χ2n) is 6.54. The number of ether oxygens (including phenoxy) is 1. The molecule has 0 radical (unpaired) electrons. The molecule has 0 aliphatic rings. The van der Waals surface area contributed by atoms with Crippen molar-refractivity contribution in [3.8, 4) is 17.6 Å². The van der Waals surface area contributed by atoms with E-state index in [1.54, 1.807) is 23.6 Å². The minimum absolute atomic E-state index is 0.189. The summed E-state index contributed by atoms with van der Waals surface area (Å²) in [6, 6.07) is 8.98. The Morgan fingerprint density at radius 3 is 2.67 bits per heavy atom. The lowest BCUT2D eigenvalue weighted by Gasteiger charge is -2.12. The lowest BCUT2D eigenvalue weighted by molar-refractivity contribution is -0.119. The second-order valence-corrected chi connectivity index (χ2v) is 6.54. The van der Waals surface area contributed by atoms with Crippen LogP contribution in [0, 0.1) is 25.2 Å². The molecule has 0 spiro atoms. The van der Waals surface area contributed by atoms with Gasteiger partial charge in [0.1, 0.15) is 34.7 Å². The first-order valence-electron chi connectivity index (χ1n) is 8.93. The molecule has 2 aromatic heterocycles. The highest BCUT2D eigenvalue weighted by Gasteiger charge is 2.21. The van der Waals surface area contributed by atoms with Crippen LogP contribution in [-0.2, 0) is 16.1 Å². The zero-order valence-corrected chi connectivity index (χ0v) is 16.3. The Morgan fingerprint density at radius 1 is 1.27 bits per heavy atom. The van der Waals surface area contributed by atoms with Gasteiger partial charge in [0.15, 0.2) is 6.61 Å². The minimum Gasteiger partial charge on any atom is -0.508 e. The zero-order valence-electron chi connectivity index (χ0n) is 16.3. The van der Waals surface area contributed by atoms with Crippen LogP contribution in [0.15, 0.2) is 41.0 Å². The molecule has 30 heavy (non-hydrogen) atoms. The average Bonchev–Trinajstić information content (AvgIpc) is 3.29. The normalized spacial score (nSPS) is 10.4. The van der Waals surface area contributed by atoms with Gasteiger partial charge in [-0.25, -0.2) is 4.79 Å². The molecule has 9 nitrogen and oxygen atoms in total. The molecule has 0 unspecified atom stereocenters. The van der Waals surface area contributed by atoms with Crippen molar-refractivity contribution in [1.82, 2.24) is 4.57 Å². The summed E-state index contributed by atoms with van der Waals surface area (Å²) in [5.41, 5.74) is 1.61. The molecule has 0 aliphatic carbocycles. The fraction of sp³-hybridized carbons (Fsp3) is 0.190. The fourth-order valence-corrected chi connectivity index (χ4v) is 2.96. The van der Waals surface area contributed by atoms with Crippen LogP contribution in [-0.4, -0.2) is 33.3 Å². The predicted molar refractivity (Wildman–Crippen MR) is 105 cm³/mol. The fourth-order valence-electron chi connectivity index (χ4n) is 2.96. The lowest BCUT2D eigenvalue weighted by atomic mass is 10.2. The van der Waals surface area contributed by atoms with Gasteiger partial charge >= 0.3 is 5.97 Å². The van der Waals surface area contributed by atoms with E-state index >= 15 is 0 Å². The van der Waals surface area contributed by atoms with Crippen molar-refractivity contribution in [3.05, 3.63) is 64.7 Å². The van der Waals surface area contributed by atoms with E-state index in [2.05, 4.69) is 11.4 Å². The maximum atomic E-state index is 12.4. The molecule has 2 heterocycles. The number of rotatable bonds is 6. The van der Waals surface area contributed by atoms with Gasteiger partial charge in [0.2, 0.25) is 0 Å². The first-order valence-corrected chi connectivity index (χ1v) is 8.93. The number of amides is 1. The molecule has 0 aliphatic heterocycles. The summed E-state index contributed by atoms with van der Waals surface area (Å²) in [7, 11) is 0. The molecule has 0 fully saturated rings. The highest BCUT2D eigenvalue weighted by Crippen LogP contribution is 2.27. The number of hydrogen-bond acceptors (Lipinski definition) is 7. The molecule has 1 amide bonds. The van der Waals surface area contributed by atoms with E-state index in [1.807, 2.05) is 6.92 Å². The number of carbonyl (C=O) groups is 2. The van der Waals surface area contributed by atoms with Crippen molar-refractivity contribution >= 4 is 17.7 Å². The van der Waals surface area contributed by atoms with Crippen LogP contribution < -0.4 is 5.32 Å². The van der Waals surface area contributed by atoms with Crippen molar-refractivity contribution in [2.24, 2.45) is 0 Å². The number of nitrogens with zero attached hydrogens (tertiary/aromatic N) is 2. The predicted octanol–water partition coefficient (Wildman–Crippen LogP) is 2.82. The zero-order chi connectivity index (χ0) is 21.8. The quantitative estimate of drug-likeness (QED) is 0.532. The second kappa shape index (κ2) is 8.45. The Morgan fingerprint density at radius 2 is 2.03 bits per heavy atom. The van der Waals surface area contributed by atoms with Crippen LogP contribution in [0.1, 0.15) is 32.9 Å². The SMILES string of the molecule is Cc1c(C#N)c(NC(=O)COC(=O)c2ccc(O)cc2O)n(Cc2ccco2)c1C. The van der Waals surface area contributed by atoms with Crippen molar-refractivity contribution in [3.63, 3.8) is 0 Å². The number of aromatic nitrogens is 1. The first kappa shape index (κ1) is 20.5. The molecule has 3 aromatic rings.